The Morgan fingerprint density at radius 1 is 1.60 bits per heavy atom. The zero-order chi connectivity index (χ0) is 11.3. The van der Waals surface area contributed by atoms with E-state index in [1.165, 1.54) is 6.92 Å². The smallest absolute Gasteiger partial charge is 0.303 e. The average Bonchev–Trinajstić information content (AvgIpc) is 2.63. The van der Waals surface area contributed by atoms with Crippen molar-refractivity contribution >= 4 is 17.3 Å². The van der Waals surface area contributed by atoms with Crippen molar-refractivity contribution in [2.75, 3.05) is 20.6 Å². The lowest BCUT2D eigenvalue weighted by atomic mass is 10.1. The molecule has 1 aromatic rings. The highest BCUT2D eigenvalue weighted by molar-refractivity contribution is 7.07. The summed E-state index contributed by atoms with van der Waals surface area (Å²) in [7, 11) is 4.02. The molecule has 0 spiro atoms. The number of hydrogen-bond acceptors (Lipinski definition) is 4. The van der Waals surface area contributed by atoms with Gasteiger partial charge in [-0.05, 0) is 30.9 Å². The third kappa shape index (κ3) is 4.44. The van der Waals surface area contributed by atoms with E-state index in [9.17, 15) is 4.79 Å². The van der Waals surface area contributed by atoms with Crippen LogP contribution in [0.25, 0.3) is 0 Å². The summed E-state index contributed by atoms with van der Waals surface area (Å²) in [4.78, 5) is 13.0. The Labute approximate surface area is 94.7 Å². The molecule has 0 fully saturated rings. The summed E-state index contributed by atoms with van der Waals surface area (Å²) in [5.74, 6) is -0.218. The first-order valence-corrected chi connectivity index (χ1v) is 5.88. The Kier molecular flexibility index (Phi) is 4.78. The van der Waals surface area contributed by atoms with E-state index in [0.29, 0.717) is 0 Å². The number of carbonyl (C=O) groups is 1. The van der Waals surface area contributed by atoms with Gasteiger partial charge in [-0.3, -0.25) is 4.79 Å². The maximum absolute atomic E-state index is 11.0. The predicted molar refractivity (Wildman–Crippen MR) is 62.0 cm³/mol. The molecular weight excluding hydrogens is 210 g/mol. The van der Waals surface area contributed by atoms with Crippen LogP contribution in [0, 0.1) is 0 Å². The van der Waals surface area contributed by atoms with Crippen LogP contribution in [0.5, 0.6) is 0 Å². The van der Waals surface area contributed by atoms with Gasteiger partial charge in [0.1, 0.15) is 6.10 Å². The minimum Gasteiger partial charge on any atom is -0.458 e. The van der Waals surface area contributed by atoms with Crippen LogP contribution in [0.3, 0.4) is 0 Å². The molecule has 0 saturated heterocycles. The number of carbonyl (C=O) groups excluding carboxylic acids is 1. The zero-order valence-corrected chi connectivity index (χ0v) is 10.2. The molecule has 0 aliphatic heterocycles. The van der Waals surface area contributed by atoms with Gasteiger partial charge in [-0.2, -0.15) is 11.3 Å². The van der Waals surface area contributed by atoms with Gasteiger partial charge in [-0.25, -0.2) is 0 Å². The van der Waals surface area contributed by atoms with E-state index in [1.807, 2.05) is 30.9 Å². The maximum atomic E-state index is 11.0. The lowest BCUT2D eigenvalue weighted by Crippen LogP contribution is -2.18. The molecule has 0 aliphatic carbocycles. The Balaban J connectivity index is 2.57. The maximum Gasteiger partial charge on any atom is 0.303 e. The second-order valence-corrected chi connectivity index (χ2v) is 4.53. The van der Waals surface area contributed by atoms with Crippen LogP contribution >= 0.6 is 11.3 Å². The zero-order valence-electron chi connectivity index (χ0n) is 9.40. The van der Waals surface area contributed by atoms with Crippen molar-refractivity contribution in [3.8, 4) is 0 Å². The van der Waals surface area contributed by atoms with Gasteiger partial charge in [0.25, 0.3) is 0 Å². The number of thiophene rings is 1. The van der Waals surface area contributed by atoms with E-state index in [-0.39, 0.29) is 12.1 Å². The topological polar surface area (TPSA) is 29.5 Å². The fourth-order valence-electron chi connectivity index (χ4n) is 1.33. The highest BCUT2D eigenvalue weighted by Crippen LogP contribution is 2.23. The fourth-order valence-corrected chi connectivity index (χ4v) is 2.03. The summed E-state index contributed by atoms with van der Waals surface area (Å²) in [5, 5.41) is 4.03. The summed E-state index contributed by atoms with van der Waals surface area (Å²) < 4.78 is 5.29. The molecule has 0 unspecified atom stereocenters. The molecule has 0 bridgehead atoms. The van der Waals surface area contributed by atoms with Gasteiger partial charge in [-0.1, -0.05) is 0 Å². The first-order valence-electron chi connectivity index (χ1n) is 4.93. The molecule has 1 heterocycles. The van der Waals surface area contributed by atoms with Crippen LogP contribution in [0.4, 0.5) is 0 Å². The summed E-state index contributed by atoms with van der Waals surface area (Å²) in [6.45, 7) is 2.36. The van der Waals surface area contributed by atoms with Crippen molar-refractivity contribution in [2.45, 2.75) is 19.4 Å². The molecule has 1 rings (SSSR count). The van der Waals surface area contributed by atoms with Crippen LogP contribution in [0.15, 0.2) is 16.8 Å². The SMILES string of the molecule is CC(=O)O[C@@H](CCN(C)C)c1ccsc1. The number of ether oxygens (including phenoxy) is 1. The second kappa shape index (κ2) is 5.88. The van der Waals surface area contributed by atoms with Crippen LogP contribution in [0.2, 0.25) is 0 Å². The molecular formula is C11H17NO2S. The molecule has 0 saturated carbocycles. The van der Waals surface area contributed by atoms with E-state index in [4.69, 9.17) is 4.74 Å². The van der Waals surface area contributed by atoms with Gasteiger partial charge in [-0.15, -0.1) is 0 Å². The summed E-state index contributed by atoms with van der Waals surface area (Å²) in [6.07, 6.45) is 0.736. The van der Waals surface area contributed by atoms with Crippen molar-refractivity contribution in [3.63, 3.8) is 0 Å². The largest absolute Gasteiger partial charge is 0.458 e. The molecule has 84 valence electrons. The minimum atomic E-state index is -0.218. The van der Waals surface area contributed by atoms with Gasteiger partial charge in [0.2, 0.25) is 0 Å². The van der Waals surface area contributed by atoms with E-state index in [2.05, 4.69) is 4.90 Å². The molecule has 0 N–H and O–H groups in total. The van der Waals surface area contributed by atoms with Gasteiger partial charge in [0, 0.05) is 25.5 Å². The van der Waals surface area contributed by atoms with Crippen LogP contribution in [-0.4, -0.2) is 31.5 Å². The Morgan fingerprint density at radius 3 is 2.80 bits per heavy atom. The summed E-state index contributed by atoms with van der Waals surface area (Å²) in [5.41, 5.74) is 1.09. The van der Waals surface area contributed by atoms with Gasteiger partial charge >= 0.3 is 5.97 Å². The Hall–Kier alpha value is -0.870. The van der Waals surface area contributed by atoms with Gasteiger partial charge < -0.3 is 9.64 Å². The molecule has 4 heteroatoms. The summed E-state index contributed by atoms with van der Waals surface area (Å²) >= 11 is 1.62. The quantitative estimate of drug-likeness (QED) is 0.723. The monoisotopic (exact) mass is 227 g/mol. The number of hydrogen-bond donors (Lipinski definition) is 0. The lowest BCUT2D eigenvalue weighted by molar-refractivity contribution is -0.147. The molecule has 0 aromatic carbocycles. The molecule has 1 aromatic heterocycles. The fraction of sp³-hybridized carbons (Fsp3) is 0.545. The standard InChI is InChI=1S/C11H17NO2S/c1-9(13)14-11(4-6-12(2)3)10-5-7-15-8-10/h5,7-8,11H,4,6H2,1-3H3/t11-/m0/s1. The second-order valence-electron chi connectivity index (χ2n) is 3.75. The van der Waals surface area contributed by atoms with E-state index >= 15 is 0 Å². The lowest BCUT2D eigenvalue weighted by Gasteiger charge is -2.18. The molecule has 1 atom stereocenters. The number of rotatable bonds is 5. The van der Waals surface area contributed by atoms with E-state index in [1.54, 1.807) is 11.3 Å². The average molecular weight is 227 g/mol. The summed E-state index contributed by atoms with van der Waals surface area (Å²) in [6, 6.07) is 2.01. The first kappa shape index (κ1) is 12.2. The third-order valence-electron chi connectivity index (χ3n) is 2.06. The van der Waals surface area contributed by atoms with Crippen molar-refractivity contribution in [1.29, 1.82) is 0 Å². The van der Waals surface area contributed by atoms with Crippen molar-refractivity contribution in [3.05, 3.63) is 22.4 Å². The van der Waals surface area contributed by atoms with E-state index in [0.717, 1.165) is 18.5 Å². The van der Waals surface area contributed by atoms with Gasteiger partial charge in [0.05, 0.1) is 0 Å². The highest BCUT2D eigenvalue weighted by atomic mass is 32.1. The molecule has 3 nitrogen and oxygen atoms in total. The van der Waals surface area contributed by atoms with Gasteiger partial charge in [0.15, 0.2) is 0 Å². The molecule has 0 aliphatic rings. The van der Waals surface area contributed by atoms with E-state index < -0.39 is 0 Å². The minimum absolute atomic E-state index is 0.101. The van der Waals surface area contributed by atoms with Crippen LogP contribution in [0.1, 0.15) is 25.0 Å². The van der Waals surface area contributed by atoms with Crippen molar-refractivity contribution in [2.24, 2.45) is 0 Å². The third-order valence-corrected chi connectivity index (χ3v) is 2.76. The molecule has 0 radical (unpaired) electrons. The Morgan fingerprint density at radius 2 is 2.33 bits per heavy atom. The number of esters is 1. The molecule has 15 heavy (non-hydrogen) atoms. The first-order chi connectivity index (χ1) is 7.09. The van der Waals surface area contributed by atoms with Crippen molar-refractivity contribution < 1.29 is 9.53 Å². The normalized spacial score (nSPS) is 12.8. The predicted octanol–water partition coefficient (Wildman–Crippen LogP) is 2.30. The number of nitrogens with zero attached hydrogens (tertiary/aromatic N) is 1. The highest BCUT2D eigenvalue weighted by Gasteiger charge is 2.15. The van der Waals surface area contributed by atoms with Crippen LogP contribution < -0.4 is 0 Å². The Bertz CT molecular complexity index is 296. The molecule has 0 amide bonds. The van der Waals surface area contributed by atoms with Crippen molar-refractivity contribution in [1.82, 2.24) is 4.90 Å². The van der Waals surface area contributed by atoms with Crippen LogP contribution in [-0.2, 0) is 9.53 Å².